The van der Waals surface area contributed by atoms with Gasteiger partial charge < -0.3 is 10.2 Å². The van der Waals surface area contributed by atoms with Gasteiger partial charge in [0.25, 0.3) is 0 Å². The summed E-state index contributed by atoms with van der Waals surface area (Å²) in [6.45, 7) is 3.97. The van der Waals surface area contributed by atoms with E-state index in [0.717, 1.165) is 36.1 Å². The molecule has 27 heavy (non-hydrogen) atoms. The van der Waals surface area contributed by atoms with Crippen LogP contribution in [0.2, 0.25) is 0 Å². The van der Waals surface area contributed by atoms with Gasteiger partial charge in [0.15, 0.2) is 0 Å². The fraction of sp³-hybridized carbons (Fsp3) is 0.500. The van der Waals surface area contributed by atoms with Crippen molar-refractivity contribution in [2.45, 2.75) is 38.0 Å². The van der Waals surface area contributed by atoms with Crippen molar-refractivity contribution in [3.8, 4) is 0 Å². The first kappa shape index (κ1) is 18.1. The number of fused-ring (bicyclic) bond motifs is 1. The number of nitrogens with one attached hydrogen (secondary N) is 1. The summed E-state index contributed by atoms with van der Waals surface area (Å²) in [5.41, 5.74) is 1.60. The highest BCUT2D eigenvalue weighted by atomic mass is 19.1. The van der Waals surface area contributed by atoms with Crippen LogP contribution in [0.25, 0.3) is 10.9 Å². The third kappa shape index (κ3) is 3.88. The van der Waals surface area contributed by atoms with Crippen molar-refractivity contribution in [2.24, 2.45) is 0 Å². The minimum absolute atomic E-state index is 0.000248. The maximum Gasteiger partial charge on any atom is 0.237 e. The summed E-state index contributed by atoms with van der Waals surface area (Å²) < 4.78 is 27.1. The quantitative estimate of drug-likeness (QED) is 0.894. The molecular weight excluding hydrogens is 350 g/mol. The van der Waals surface area contributed by atoms with Crippen molar-refractivity contribution < 1.29 is 13.6 Å². The molecule has 2 aliphatic heterocycles. The highest BCUT2D eigenvalue weighted by Crippen LogP contribution is 2.25. The second-order valence-electron chi connectivity index (χ2n) is 7.62. The van der Waals surface area contributed by atoms with Crippen LogP contribution in [0, 0.1) is 5.82 Å². The average molecular weight is 374 g/mol. The predicted octanol–water partition coefficient (Wildman–Crippen LogP) is 2.82. The van der Waals surface area contributed by atoms with Gasteiger partial charge in [-0.05, 0) is 31.5 Å². The molecule has 0 aliphatic carbocycles. The van der Waals surface area contributed by atoms with Crippen molar-refractivity contribution >= 4 is 22.5 Å². The standard InChI is InChI=1S/C20H24F2N4O/c1-13-7-15(22)10-26(13)20(27)12-25-6-5-16(11-25)24-19-4-2-3-18-17(19)8-14(21)9-23-18/h2-4,8-9,13,15-16,24H,5-7,10-12H2,1H3/t13-,15+,16-/m1/s1. The number of carbonyl (C=O) groups excluding carboxylic acids is 1. The molecular formula is C20H24F2N4O. The third-order valence-corrected chi connectivity index (χ3v) is 5.53. The van der Waals surface area contributed by atoms with Gasteiger partial charge >= 0.3 is 0 Å². The van der Waals surface area contributed by atoms with E-state index >= 15 is 0 Å². The number of aromatic nitrogens is 1. The molecule has 0 unspecified atom stereocenters. The van der Waals surface area contributed by atoms with Gasteiger partial charge in [0.1, 0.15) is 12.0 Å². The summed E-state index contributed by atoms with van der Waals surface area (Å²) in [5.74, 6) is -0.360. The Labute approximate surface area is 157 Å². The molecule has 0 spiro atoms. The SMILES string of the molecule is C[C@@H]1C[C@H](F)CN1C(=O)CN1CC[C@@H](Nc2cccc3ncc(F)cc23)C1. The van der Waals surface area contributed by atoms with Crippen LogP contribution < -0.4 is 5.32 Å². The number of anilines is 1. The average Bonchev–Trinajstić information content (AvgIpc) is 3.21. The van der Waals surface area contributed by atoms with Gasteiger partial charge in [-0.1, -0.05) is 6.07 Å². The number of alkyl halides is 1. The van der Waals surface area contributed by atoms with Crippen LogP contribution in [-0.4, -0.2) is 65.1 Å². The van der Waals surface area contributed by atoms with E-state index in [9.17, 15) is 13.6 Å². The molecule has 0 saturated carbocycles. The summed E-state index contributed by atoms with van der Waals surface area (Å²) in [5, 5.41) is 4.22. The number of hydrogen-bond acceptors (Lipinski definition) is 4. The minimum Gasteiger partial charge on any atom is -0.380 e. The first-order valence-corrected chi connectivity index (χ1v) is 9.46. The van der Waals surface area contributed by atoms with Crippen LogP contribution in [-0.2, 0) is 4.79 Å². The maximum atomic E-state index is 13.6. The zero-order valence-electron chi connectivity index (χ0n) is 15.4. The van der Waals surface area contributed by atoms with Crippen molar-refractivity contribution in [3.05, 3.63) is 36.3 Å². The largest absolute Gasteiger partial charge is 0.380 e. The van der Waals surface area contributed by atoms with E-state index in [2.05, 4.69) is 15.2 Å². The highest BCUT2D eigenvalue weighted by Gasteiger charge is 2.34. The molecule has 1 N–H and O–H groups in total. The van der Waals surface area contributed by atoms with Crippen molar-refractivity contribution in [2.75, 3.05) is 31.5 Å². The normalized spacial score (nSPS) is 26.0. The van der Waals surface area contributed by atoms with Crippen molar-refractivity contribution in [1.29, 1.82) is 0 Å². The molecule has 2 aromatic rings. The zero-order valence-corrected chi connectivity index (χ0v) is 15.4. The van der Waals surface area contributed by atoms with E-state index in [1.807, 2.05) is 25.1 Å². The minimum atomic E-state index is -0.905. The molecule has 1 amide bonds. The lowest BCUT2D eigenvalue weighted by atomic mass is 10.1. The molecule has 4 rings (SSSR count). The highest BCUT2D eigenvalue weighted by molar-refractivity contribution is 5.91. The zero-order chi connectivity index (χ0) is 19.0. The van der Waals surface area contributed by atoms with Crippen LogP contribution in [0.5, 0.6) is 0 Å². The molecule has 2 fully saturated rings. The third-order valence-electron chi connectivity index (χ3n) is 5.53. The number of likely N-dealkylation sites (tertiary alicyclic amines) is 2. The fourth-order valence-corrected chi connectivity index (χ4v) is 4.16. The molecule has 5 nitrogen and oxygen atoms in total. The summed E-state index contributed by atoms with van der Waals surface area (Å²) >= 11 is 0. The van der Waals surface area contributed by atoms with Crippen LogP contribution >= 0.6 is 0 Å². The van der Waals surface area contributed by atoms with Gasteiger partial charge in [0, 0.05) is 42.7 Å². The first-order chi connectivity index (χ1) is 13.0. The molecule has 7 heteroatoms. The van der Waals surface area contributed by atoms with E-state index in [0.29, 0.717) is 13.0 Å². The number of hydrogen-bond donors (Lipinski definition) is 1. The van der Waals surface area contributed by atoms with Crippen LogP contribution in [0.4, 0.5) is 14.5 Å². The predicted molar refractivity (Wildman–Crippen MR) is 101 cm³/mol. The van der Waals surface area contributed by atoms with E-state index < -0.39 is 6.17 Å². The molecule has 1 aromatic heterocycles. The topological polar surface area (TPSA) is 48.5 Å². The van der Waals surface area contributed by atoms with E-state index in [4.69, 9.17) is 0 Å². The second kappa shape index (κ2) is 7.38. The van der Waals surface area contributed by atoms with Crippen LogP contribution in [0.3, 0.4) is 0 Å². The van der Waals surface area contributed by atoms with Gasteiger partial charge in [-0.25, -0.2) is 8.78 Å². The lowest BCUT2D eigenvalue weighted by Crippen LogP contribution is -2.42. The maximum absolute atomic E-state index is 13.6. The summed E-state index contributed by atoms with van der Waals surface area (Å²) in [7, 11) is 0. The lowest BCUT2D eigenvalue weighted by molar-refractivity contribution is -0.132. The molecule has 1 aromatic carbocycles. The summed E-state index contributed by atoms with van der Waals surface area (Å²) in [6, 6.07) is 7.31. The Morgan fingerprint density at radius 2 is 2.22 bits per heavy atom. The molecule has 3 heterocycles. The van der Waals surface area contributed by atoms with Gasteiger partial charge in [-0.3, -0.25) is 14.7 Å². The number of carbonyl (C=O) groups is 1. The van der Waals surface area contributed by atoms with Crippen LogP contribution in [0.1, 0.15) is 19.8 Å². The Morgan fingerprint density at radius 3 is 3.00 bits per heavy atom. The van der Waals surface area contributed by atoms with E-state index in [1.54, 1.807) is 4.90 Å². The molecule has 2 aliphatic rings. The number of pyridine rings is 1. The number of amides is 1. The lowest BCUT2D eigenvalue weighted by Gasteiger charge is -2.24. The van der Waals surface area contributed by atoms with Gasteiger partial charge in [-0.15, -0.1) is 0 Å². The van der Waals surface area contributed by atoms with Crippen molar-refractivity contribution in [1.82, 2.24) is 14.8 Å². The number of nitrogens with zero attached hydrogens (tertiary/aromatic N) is 3. The van der Waals surface area contributed by atoms with Gasteiger partial charge in [0.05, 0.1) is 24.8 Å². The number of benzene rings is 1. The Balaban J connectivity index is 1.38. The van der Waals surface area contributed by atoms with E-state index in [-0.39, 0.29) is 30.4 Å². The molecule has 0 radical (unpaired) electrons. The smallest absolute Gasteiger partial charge is 0.237 e. The van der Waals surface area contributed by atoms with E-state index in [1.165, 1.54) is 12.3 Å². The molecule has 0 bridgehead atoms. The number of halogens is 2. The number of rotatable bonds is 4. The Morgan fingerprint density at radius 1 is 1.37 bits per heavy atom. The Bertz CT molecular complexity index is 846. The monoisotopic (exact) mass is 374 g/mol. The Hall–Kier alpha value is -2.28. The fourth-order valence-electron chi connectivity index (χ4n) is 4.16. The first-order valence-electron chi connectivity index (χ1n) is 9.46. The van der Waals surface area contributed by atoms with Crippen molar-refractivity contribution in [3.63, 3.8) is 0 Å². The molecule has 3 atom stereocenters. The summed E-state index contributed by atoms with van der Waals surface area (Å²) in [6.07, 6.45) is 1.64. The van der Waals surface area contributed by atoms with Gasteiger partial charge in [-0.2, -0.15) is 0 Å². The second-order valence-corrected chi connectivity index (χ2v) is 7.62. The van der Waals surface area contributed by atoms with Gasteiger partial charge in [0.2, 0.25) is 5.91 Å². The Kier molecular flexibility index (Phi) is 4.95. The van der Waals surface area contributed by atoms with Crippen LogP contribution in [0.15, 0.2) is 30.5 Å². The molecule has 2 saturated heterocycles. The molecule has 144 valence electrons. The summed E-state index contributed by atoms with van der Waals surface area (Å²) in [4.78, 5) is 20.4.